The zero-order valence-corrected chi connectivity index (χ0v) is 23.2. The lowest BCUT2D eigenvalue weighted by Crippen LogP contribution is -2.35. The van der Waals surface area contributed by atoms with E-state index in [-0.39, 0.29) is 12.5 Å². The Morgan fingerprint density at radius 2 is 1.82 bits per heavy atom. The minimum absolute atomic E-state index is 0.138. The Balaban J connectivity index is 1.31. The quantitative estimate of drug-likeness (QED) is 0.419. The summed E-state index contributed by atoms with van der Waals surface area (Å²) in [5.41, 5.74) is 1.50. The number of fused-ring (bicyclic) bond motifs is 2. The molecule has 1 aromatic heterocycles. The van der Waals surface area contributed by atoms with Crippen molar-refractivity contribution in [1.29, 1.82) is 0 Å². The summed E-state index contributed by atoms with van der Waals surface area (Å²) in [6.45, 7) is 6.45. The van der Waals surface area contributed by atoms with E-state index >= 15 is 0 Å². The van der Waals surface area contributed by atoms with Gasteiger partial charge in [-0.05, 0) is 74.9 Å². The molecule has 0 bridgehead atoms. The summed E-state index contributed by atoms with van der Waals surface area (Å²) >= 11 is 6.27. The number of carbonyl (C=O) groups is 1. The van der Waals surface area contributed by atoms with Gasteiger partial charge in [0, 0.05) is 42.6 Å². The smallest absolute Gasteiger partial charge is 0.238 e. The number of halogens is 1. The van der Waals surface area contributed by atoms with E-state index in [0.29, 0.717) is 47.0 Å². The van der Waals surface area contributed by atoms with Crippen LogP contribution >= 0.6 is 11.6 Å². The second-order valence-electron chi connectivity index (χ2n) is 10.4. The van der Waals surface area contributed by atoms with Gasteiger partial charge in [-0.2, -0.15) is 0 Å². The lowest BCUT2D eigenvalue weighted by molar-refractivity contribution is -0.117. The first-order valence-electron chi connectivity index (χ1n) is 13.8. The number of aromatic nitrogens is 2. The van der Waals surface area contributed by atoms with Crippen LogP contribution in [0.3, 0.4) is 0 Å². The first-order valence-corrected chi connectivity index (χ1v) is 14.2. The van der Waals surface area contributed by atoms with E-state index in [4.69, 9.17) is 21.1 Å². The highest BCUT2D eigenvalue weighted by Crippen LogP contribution is 2.36. The molecule has 2 aromatic carbocycles. The number of ether oxygens (including phenoxy) is 2. The van der Waals surface area contributed by atoms with Gasteiger partial charge in [0.15, 0.2) is 17.2 Å². The second-order valence-corrected chi connectivity index (χ2v) is 10.9. The van der Waals surface area contributed by atoms with Crippen molar-refractivity contribution in [2.45, 2.75) is 45.6 Å². The van der Waals surface area contributed by atoms with Crippen LogP contribution in [0.25, 0.3) is 0 Å². The fourth-order valence-corrected chi connectivity index (χ4v) is 5.26. The lowest BCUT2D eigenvalue weighted by Gasteiger charge is -2.30. The number of para-hydroxylation sites is 2. The molecule has 0 radical (unpaired) electrons. The van der Waals surface area contributed by atoms with E-state index < -0.39 is 0 Å². The first-order chi connectivity index (χ1) is 19.0. The fraction of sp³-hybridized carbons (Fsp3) is 0.433. The molecule has 1 amide bonds. The largest absolute Gasteiger partial charge is 0.490 e. The maximum absolute atomic E-state index is 13.2. The molecule has 39 heavy (non-hydrogen) atoms. The fourth-order valence-electron chi connectivity index (χ4n) is 5.09. The number of hydrogen-bond acceptors (Lipinski definition) is 7. The van der Waals surface area contributed by atoms with Crippen molar-refractivity contribution >= 4 is 29.1 Å². The van der Waals surface area contributed by atoms with Gasteiger partial charge in [0.05, 0.1) is 18.8 Å². The van der Waals surface area contributed by atoms with E-state index in [2.05, 4.69) is 32.0 Å². The minimum atomic E-state index is -0.138. The van der Waals surface area contributed by atoms with Crippen LogP contribution in [0.15, 0.2) is 54.9 Å². The van der Waals surface area contributed by atoms with Crippen LogP contribution in [0.1, 0.15) is 44.6 Å². The standard InChI is InChI=1S/C30H36ClN5O3/c1-22-8-7-14-36(19-22)30-32-17-23(18-33-30)20-35-13-5-2-6-15-38-27-9-3-4-10-28(27)39-26-12-11-24(31)16-25(26)34-29(37)21-35/h3-4,9-12,16-18,22H,2,5-8,13-15,19-21H2,1H3,(H,34,37). The molecule has 9 heteroatoms. The van der Waals surface area contributed by atoms with Crippen LogP contribution < -0.4 is 19.7 Å². The van der Waals surface area contributed by atoms with Gasteiger partial charge in [-0.3, -0.25) is 9.69 Å². The minimum Gasteiger partial charge on any atom is -0.490 e. The highest BCUT2D eigenvalue weighted by Gasteiger charge is 2.20. The van der Waals surface area contributed by atoms with Crippen LogP contribution in [0.4, 0.5) is 11.6 Å². The van der Waals surface area contributed by atoms with Crippen molar-refractivity contribution in [1.82, 2.24) is 14.9 Å². The number of piperidine rings is 1. The van der Waals surface area contributed by atoms with Crippen molar-refractivity contribution < 1.29 is 14.3 Å². The number of rotatable bonds is 3. The molecule has 5 rings (SSSR count). The van der Waals surface area contributed by atoms with E-state index in [9.17, 15) is 4.79 Å². The third-order valence-corrected chi connectivity index (χ3v) is 7.30. The Kier molecular flexibility index (Phi) is 9.16. The molecule has 0 spiro atoms. The van der Waals surface area contributed by atoms with Crippen LogP contribution in [-0.4, -0.2) is 53.6 Å². The van der Waals surface area contributed by atoms with Gasteiger partial charge in [0.2, 0.25) is 11.9 Å². The topological polar surface area (TPSA) is 79.8 Å². The molecule has 1 saturated heterocycles. The van der Waals surface area contributed by atoms with E-state index in [1.165, 1.54) is 12.8 Å². The zero-order chi connectivity index (χ0) is 27.0. The van der Waals surface area contributed by atoms with Crippen LogP contribution in [0.5, 0.6) is 17.2 Å². The SMILES string of the molecule is CC1CCCN(c2ncc(CN3CCCCCOc4ccccc4Oc4ccc(Cl)cc4NC(=O)C3)cn2)C1. The summed E-state index contributed by atoms with van der Waals surface area (Å²) in [5, 5.41) is 3.52. The Morgan fingerprint density at radius 1 is 1.00 bits per heavy atom. The molecular weight excluding hydrogens is 514 g/mol. The van der Waals surface area contributed by atoms with Gasteiger partial charge < -0.3 is 19.7 Å². The summed E-state index contributed by atoms with van der Waals surface area (Å²) in [4.78, 5) is 26.9. The summed E-state index contributed by atoms with van der Waals surface area (Å²) in [7, 11) is 0. The van der Waals surface area contributed by atoms with Gasteiger partial charge >= 0.3 is 0 Å². The maximum Gasteiger partial charge on any atom is 0.238 e. The molecule has 0 saturated carbocycles. The molecule has 2 aliphatic rings. The maximum atomic E-state index is 13.2. The van der Waals surface area contributed by atoms with Crippen molar-refractivity contribution in [2.24, 2.45) is 5.92 Å². The number of amides is 1. The molecule has 1 fully saturated rings. The van der Waals surface area contributed by atoms with Gasteiger partial charge in [-0.1, -0.05) is 30.7 Å². The summed E-state index contributed by atoms with van der Waals surface area (Å²) in [6.07, 6.45) is 9.05. The number of benzene rings is 2. The molecule has 1 N–H and O–H groups in total. The van der Waals surface area contributed by atoms with E-state index in [1.807, 2.05) is 36.7 Å². The van der Waals surface area contributed by atoms with Gasteiger partial charge in [0.25, 0.3) is 0 Å². The van der Waals surface area contributed by atoms with E-state index in [0.717, 1.165) is 50.4 Å². The Morgan fingerprint density at radius 3 is 2.64 bits per heavy atom. The molecule has 206 valence electrons. The molecular formula is C30H36ClN5O3. The van der Waals surface area contributed by atoms with Crippen molar-refractivity contribution in [3.63, 3.8) is 0 Å². The summed E-state index contributed by atoms with van der Waals surface area (Å²) in [6, 6.07) is 12.8. The normalized spacial score (nSPS) is 19.4. The third kappa shape index (κ3) is 7.61. The number of carbonyl (C=O) groups excluding carboxylic acids is 1. The highest BCUT2D eigenvalue weighted by atomic mass is 35.5. The average molecular weight is 550 g/mol. The summed E-state index contributed by atoms with van der Waals surface area (Å²) in [5.74, 6) is 3.07. The number of hydrogen-bond donors (Lipinski definition) is 1. The number of nitrogens with one attached hydrogen (secondary N) is 1. The summed E-state index contributed by atoms with van der Waals surface area (Å²) < 4.78 is 12.2. The van der Waals surface area contributed by atoms with Gasteiger partial charge in [-0.15, -0.1) is 0 Å². The molecule has 0 aliphatic carbocycles. The second kappa shape index (κ2) is 13.1. The van der Waals surface area contributed by atoms with Crippen LogP contribution in [-0.2, 0) is 11.3 Å². The monoisotopic (exact) mass is 549 g/mol. The van der Waals surface area contributed by atoms with Crippen molar-refractivity contribution in [3.8, 4) is 17.2 Å². The van der Waals surface area contributed by atoms with E-state index in [1.54, 1.807) is 18.2 Å². The van der Waals surface area contributed by atoms with Gasteiger partial charge in [-0.25, -0.2) is 9.97 Å². The highest BCUT2D eigenvalue weighted by molar-refractivity contribution is 6.31. The first kappa shape index (κ1) is 27.2. The van der Waals surface area contributed by atoms with Gasteiger partial charge in [0.1, 0.15) is 0 Å². The zero-order valence-electron chi connectivity index (χ0n) is 22.4. The molecule has 8 nitrogen and oxygen atoms in total. The molecule has 3 heterocycles. The Bertz CT molecular complexity index is 1260. The van der Waals surface area contributed by atoms with Crippen molar-refractivity contribution in [3.05, 3.63) is 65.4 Å². The van der Waals surface area contributed by atoms with Crippen LogP contribution in [0, 0.1) is 5.92 Å². The lowest BCUT2D eigenvalue weighted by atomic mass is 10.0. The average Bonchev–Trinajstić information content (AvgIpc) is 2.93. The number of nitrogens with zero attached hydrogens (tertiary/aromatic N) is 4. The third-order valence-electron chi connectivity index (χ3n) is 7.07. The Hall–Kier alpha value is -3.36. The van der Waals surface area contributed by atoms with Crippen LogP contribution in [0.2, 0.25) is 5.02 Å². The Labute approximate surface area is 235 Å². The van der Waals surface area contributed by atoms with Crippen molar-refractivity contribution in [2.75, 3.05) is 43.0 Å². The number of anilines is 2. The molecule has 1 atom stereocenters. The molecule has 3 aromatic rings. The predicted octanol–water partition coefficient (Wildman–Crippen LogP) is 6.16. The predicted molar refractivity (Wildman–Crippen MR) is 154 cm³/mol. The molecule has 2 aliphatic heterocycles. The molecule has 1 unspecified atom stereocenters.